The molecular formula is C14H22ClN5O3S. The monoisotopic (exact) mass is 375 g/mol. The Morgan fingerprint density at radius 3 is 2.71 bits per heavy atom. The topological polar surface area (TPSA) is 91.0 Å². The van der Waals surface area contributed by atoms with E-state index in [1.54, 1.807) is 6.07 Å². The zero-order chi connectivity index (χ0) is 17.6. The van der Waals surface area contributed by atoms with Crippen LogP contribution in [0.5, 0.6) is 0 Å². The second-order valence-electron chi connectivity index (χ2n) is 5.32. The largest absolute Gasteiger partial charge is 0.364 e. The average molecular weight is 376 g/mol. The van der Waals surface area contributed by atoms with E-state index in [1.165, 1.54) is 10.6 Å². The lowest BCUT2D eigenvalue weighted by molar-refractivity contribution is 0.260. The molecule has 0 atom stereocenters. The second-order valence-corrected chi connectivity index (χ2v) is 7.82. The van der Waals surface area contributed by atoms with Crippen molar-refractivity contribution in [1.82, 2.24) is 19.7 Å². The van der Waals surface area contributed by atoms with Gasteiger partial charge in [0.15, 0.2) is 5.96 Å². The standard InChI is InChI=1S/C14H22ClN5O3S/c1-3-16-14(17-10-12(2)15)19-5-7-20(8-6-19)24(21,22)11-13-4-9-23-18-13/h4,9H,2-3,5-8,10-11H2,1H3,(H,16,17). The fourth-order valence-corrected chi connectivity index (χ4v) is 3.84. The molecule has 1 aromatic rings. The highest BCUT2D eigenvalue weighted by molar-refractivity contribution is 7.88. The summed E-state index contributed by atoms with van der Waals surface area (Å²) in [6.45, 7) is 8.55. The molecule has 0 bridgehead atoms. The van der Waals surface area contributed by atoms with Gasteiger partial charge in [-0.05, 0) is 6.92 Å². The van der Waals surface area contributed by atoms with Crippen molar-refractivity contribution in [2.24, 2.45) is 4.99 Å². The van der Waals surface area contributed by atoms with Crippen LogP contribution in [0.25, 0.3) is 0 Å². The molecule has 1 saturated heterocycles. The summed E-state index contributed by atoms with van der Waals surface area (Å²) in [6.07, 6.45) is 1.37. The number of aliphatic imine (C=N–C) groups is 1. The van der Waals surface area contributed by atoms with Crippen LogP contribution in [0.1, 0.15) is 12.6 Å². The Labute approximate surface area is 147 Å². The molecule has 0 aliphatic carbocycles. The number of guanidine groups is 1. The van der Waals surface area contributed by atoms with Crippen LogP contribution in [0.2, 0.25) is 0 Å². The Morgan fingerprint density at radius 2 is 2.17 bits per heavy atom. The molecule has 24 heavy (non-hydrogen) atoms. The molecule has 1 N–H and O–H groups in total. The number of aromatic nitrogens is 1. The van der Waals surface area contributed by atoms with Crippen molar-refractivity contribution in [3.8, 4) is 0 Å². The van der Waals surface area contributed by atoms with Crippen LogP contribution >= 0.6 is 11.6 Å². The van der Waals surface area contributed by atoms with Gasteiger partial charge in [-0.3, -0.25) is 0 Å². The number of halogens is 1. The van der Waals surface area contributed by atoms with Crippen molar-refractivity contribution in [1.29, 1.82) is 0 Å². The second kappa shape index (κ2) is 8.50. The molecular weight excluding hydrogens is 354 g/mol. The molecule has 2 rings (SSSR count). The number of piperazine rings is 1. The summed E-state index contributed by atoms with van der Waals surface area (Å²) in [7, 11) is -3.40. The quantitative estimate of drug-likeness (QED) is 0.585. The van der Waals surface area contributed by atoms with E-state index in [1.807, 2.05) is 11.8 Å². The molecule has 0 amide bonds. The smallest absolute Gasteiger partial charge is 0.220 e. The van der Waals surface area contributed by atoms with Gasteiger partial charge in [-0.2, -0.15) is 4.31 Å². The predicted octanol–water partition coefficient (Wildman–Crippen LogP) is 0.840. The predicted molar refractivity (Wildman–Crippen MR) is 93.2 cm³/mol. The van der Waals surface area contributed by atoms with Gasteiger partial charge in [-0.1, -0.05) is 23.3 Å². The first-order valence-corrected chi connectivity index (χ1v) is 9.64. The number of nitrogens with one attached hydrogen (secondary N) is 1. The molecule has 10 heteroatoms. The zero-order valence-corrected chi connectivity index (χ0v) is 15.2. The normalized spacial score (nSPS) is 17.1. The van der Waals surface area contributed by atoms with E-state index in [4.69, 9.17) is 11.6 Å². The molecule has 0 saturated carbocycles. The molecule has 0 spiro atoms. The van der Waals surface area contributed by atoms with Gasteiger partial charge in [0, 0.05) is 43.8 Å². The SMILES string of the molecule is C=C(Cl)CN=C(NCC)N1CCN(S(=O)(=O)Cc2ccon2)CC1. The van der Waals surface area contributed by atoms with Crippen LogP contribution in [0.15, 0.2) is 33.5 Å². The first-order chi connectivity index (χ1) is 11.4. The van der Waals surface area contributed by atoms with Crippen LogP contribution in [0.3, 0.4) is 0 Å². The summed E-state index contributed by atoms with van der Waals surface area (Å²) >= 11 is 5.76. The van der Waals surface area contributed by atoms with E-state index in [-0.39, 0.29) is 5.75 Å². The van der Waals surface area contributed by atoms with Crippen molar-refractivity contribution < 1.29 is 12.9 Å². The van der Waals surface area contributed by atoms with Gasteiger partial charge in [0.1, 0.15) is 12.0 Å². The third kappa shape index (κ3) is 5.22. The van der Waals surface area contributed by atoms with Crippen molar-refractivity contribution in [3.63, 3.8) is 0 Å². The number of nitrogens with zero attached hydrogens (tertiary/aromatic N) is 4. The summed E-state index contributed by atoms with van der Waals surface area (Å²) in [4.78, 5) is 6.41. The molecule has 2 heterocycles. The van der Waals surface area contributed by atoms with Gasteiger partial charge >= 0.3 is 0 Å². The van der Waals surface area contributed by atoms with E-state index in [0.717, 1.165) is 6.54 Å². The maximum Gasteiger partial charge on any atom is 0.220 e. The first-order valence-electron chi connectivity index (χ1n) is 7.66. The van der Waals surface area contributed by atoms with Crippen LogP contribution in [0, 0.1) is 0 Å². The van der Waals surface area contributed by atoms with Crippen molar-refractivity contribution in [2.75, 3.05) is 39.3 Å². The molecule has 8 nitrogen and oxygen atoms in total. The van der Waals surface area contributed by atoms with E-state index < -0.39 is 10.0 Å². The fraction of sp³-hybridized carbons (Fsp3) is 0.571. The van der Waals surface area contributed by atoms with E-state index in [9.17, 15) is 8.42 Å². The Bertz CT molecular complexity index is 667. The highest BCUT2D eigenvalue weighted by atomic mass is 35.5. The van der Waals surface area contributed by atoms with Gasteiger partial charge in [0.25, 0.3) is 0 Å². The van der Waals surface area contributed by atoms with Gasteiger partial charge in [-0.15, -0.1) is 0 Å². The Hall–Kier alpha value is -1.58. The molecule has 1 aliphatic heterocycles. The summed E-state index contributed by atoms with van der Waals surface area (Å²) in [5.41, 5.74) is 0.410. The minimum absolute atomic E-state index is 0.149. The van der Waals surface area contributed by atoms with Gasteiger partial charge < -0.3 is 14.7 Å². The maximum atomic E-state index is 12.4. The first kappa shape index (κ1) is 18.8. The molecule has 0 radical (unpaired) electrons. The van der Waals surface area contributed by atoms with E-state index in [2.05, 4.69) is 26.6 Å². The highest BCUT2D eigenvalue weighted by Crippen LogP contribution is 2.13. The molecule has 1 fully saturated rings. The van der Waals surface area contributed by atoms with Gasteiger partial charge in [0.05, 0.1) is 12.2 Å². The van der Waals surface area contributed by atoms with Gasteiger partial charge in [-0.25, -0.2) is 13.4 Å². The van der Waals surface area contributed by atoms with Crippen LogP contribution < -0.4 is 5.32 Å². The Morgan fingerprint density at radius 1 is 1.46 bits per heavy atom. The number of hydrogen-bond donors (Lipinski definition) is 1. The van der Waals surface area contributed by atoms with E-state index in [0.29, 0.717) is 49.4 Å². The average Bonchev–Trinajstić information content (AvgIpc) is 3.03. The third-order valence-electron chi connectivity index (χ3n) is 3.49. The number of rotatable bonds is 6. The summed E-state index contributed by atoms with van der Waals surface area (Å²) in [5.74, 6) is 0.567. The lowest BCUT2D eigenvalue weighted by Crippen LogP contribution is -2.53. The zero-order valence-electron chi connectivity index (χ0n) is 13.6. The lowest BCUT2D eigenvalue weighted by atomic mass is 10.4. The van der Waals surface area contributed by atoms with E-state index >= 15 is 0 Å². The van der Waals surface area contributed by atoms with Crippen molar-refractivity contribution in [3.05, 3.63) is 29.6 Å². The molecule has 0 aromatic carbocycles. The van der Waals surface area contributed by atoms with Crippen molar-refractivity contribution in [2.45, 2.75) is 12.7 Å². The summed E-state index contributed by atoms with van der Waals surface area (Å²) in [6, 6.07) is 1.56. The van der Waals surface area contributed by atoms with Crippen molar-refractivity contribution >= 4 is 27.6 Å². The number of sulfonamides is 1. The highest BCUT2D eigenvalue weighted by Gasteiger charge is 2.28. The number of hydrogen-bond acceptors (Lipinski definition) is 5. The molecule has 0 unspecified atom stereocenters. The minimum Gasteiger partial charge on any atom is -0.364 e. The minimum atomic E-state index is -3.40. The molecule has 1 aliphatic rings. The maximum absolute atomic E-state index is 12.4. The summed E-state index contributed by atoms with van der Waals surface area (Å²) < 4.78 is 31.0. The summed E-state index contributed by atoms with van der Waals surface area (Å²) in [5, 5.41) is 7.30. The lowest BCUT2D eigenvalue weighted by Gasteiger charge is -2.35. The fourth-order valence-electron chi connectivity index (χ4n) is 2.35. The molecule has 1 aromatic heterocycles. The van der Waals surface area contributed by atoms with Gasteiger partial charge in [0.2, 0.25) is 10.0 Å². The van der Waals surface area contributed by atoms with Crippen LogP contribution in [0.4, 0.5) is 0 Å². The van der Waals surface area contributed by atoms with Crippen LogP contribution in [-0.4, -0.2) is 68.0 Å². The van der Waals surface area contributed by atoms with Crippen LogP contribution in [-0.2, 0) is 15.8 Å². The third-order valence-corrected chi connectivity index (χ3v) is 5.42. The Balaban J connectivity index is 1.96. The molecule has 134 valence electrons. The Kier molecular flexibility index (Phi) is 6.64.